The zero-order chi connectivity index (χ0) is 15.6. The second-order valence-corrected chi connectivity index (χ2v) is 7.81. The highest BCUT2D eigenvalue weighted by Crippen LogP contribution is 2.04. The number of hydrogen-bond donors (Lipinski definition) is 0. The molecule has 0 spiro atoms. The minimum Gasteiger partial charge on any atom is -0.409 e. The van der Waals surface area contributed by atoms with Crippen molar-refractivity contribution < 1.29 is 4.43 Å². The number of benzene rings is 2. The van der Waals surface area contributed by atoms with Crippen LogP contribution < -0.4 is 10.4 Å². The van der Waals surface area contributed by atoms with Gasteiger partial charge in [0.25, 0.3) is 0 Å². The first kappa shape index (κ1) is 16.8. The Balaban J connectivity index is 2.17. The smallest absolute Gasteiger partial charge is 0.239 e. The average Bonchev–Trinajstić information content (AvgIpc) is 2.57. The van der Waals surface area contributed by atoms with Crippen molar-refractivity contribution in [3.05, 3.63) is 60.7 Å². The van der Waals surface area contributed by atoms with Gasteiger partial charge in [-0.05, 0) is 29.0 Å². The fourth-order valence-electron chi connectivity index (χ4n) is 2.44. The van der Waals surface area contributed by atoms with E-state index in [1.54, 1.807) is 0 Å². The molecule has 0 bridgehead atoms. The Morgan fingerprint density at radius 2 is 1.59 bits per heavy atom. The van der Waals surface area contributed by atoms with Gasteiger partial charge in [-0.3, -0.25) is 0 Å². The van der Waals surface area contributed by atoms with Gasteiger partial charge < -0.3 is 4.43 Å². The summed E-state index contributed by atoms with van der Waals surface area (Å²) < 4.78 is 6.34. The highest BCUT2D eigenvalue weighted by molar-refractivity contribution is 7.78. The third-order valence-corrected chi connectivity index (χ3v) is 6.13. The summed E-state index contributed by atoms with van der Waals surface area (Å²) in [6, 6.07) is 21.1. The lowest BCUT2D eigenvalue weighted by atomic mass is 10.2. The van der Waals surface area contributed by atoms with Crippen LogP contribution in [0.3, 0.4) is 0 Å². The van der Waals surface area contributed by atoms with E-state index >= 15 is 0 Å². The van der Waals surface area contributed by atoms with Gasteiger partial charge in [0.05, 0.1) is 17.8 Å². The maximum absolute atomic E-state index is 6.34. The zero-order valence-electron chi connectivity index (χ0n) is 12.8. The molecule has 114 valence electrons. The number of rotatable bonds is 8. The van der Waals surface area contributed by atoms with Gasteiger partial charge in [0.1, 0.15) is 0 Å². The van der Waals surface area contributed by atoms with Crippen molar-refractivity contribution in [2.45, 2.75) is 25.8 Å². The number of thiocarbonyl (C=S) groups is 1. The summed E-state index contributed by atoms with van der Waals surface area (Å²) in [6.45, 7) is 2.76. The van der Waals surface area contributed by atoms with Crippen LogP contribution >= 0.6 is 12.2 Å². The molecule has 2 nitrogen and oxygen atoms in total. The average molecular weight is 328 g/mol. The van der Waals surface area contributed by atoms with Gasteiger partial charge in [0, 0.05) is 0 Å². The molecule has 0 aliphatic carbocycles. The number of isothiocyanates is 1. The molecule has 2 aromatic rings. The van der Waals surface area contributed by atoms with E-state index in [0.717, 1.165) is 12.8 Å². The summed E-state index contributed by atoms with van der Waals surface area (Å²) in [6.07, 6.45) is 2.05. The van der Waals surface area contributed by atoms with Crippen molar-refractivity contribution in [2.75, 3.05) is 6.61 Å². The van der Waals surface area contributed by atoms with Crippen LogP contribution in [-0.4, -0.2) is 26.9 Å². The normalized spacial score (nSPS) is 11.9. The molecule has 0 saturated carbocycles. The SMILES string of the molecule is CCC[C@@H](CO[SiH](c1ccccc1)c1ccccc1)N=C=S. The van der Waals surface area contributed by atoms with Crippen molar-refractivity contribution in [2.24, 2.45) is 4.99 Å². The molecule has 0 aromatic heterocycles. The summed E-state index contributed by atoms with van der Waals surface area (Å²) in [5, 5.41) is 5.07. The molecule has 2 rings (SSSR count). The van der Waals surface area contributed by atoms with Gasteiger partial charge >= 0.3 is 0 Å². The van der Waals surface area contributed by atoms with E-state index in [-0.39, 0.29) is 6.04 Å². The van der Waals surface area contributed by atoms with Gasteiger partial charge in [-0.25, -0.2) is 4.99 Å². The molecule has 0 heterocycles. The standard InChI is InChI=1S/C18H21NOSSi/c1-2-9-16(19-15-21)14-20-22(17-10-5-3-6-11-17)18-12-7-4-8-13-18/h3-8,10-13,16,22H,2,9,14H2,1H3/t16-/m0/s1. The molecule has 0 fully saturated rings. The third-order valence-electron chi connectivity index (χ3n) is 3.52. The molecule has 4 heteroatoms. The molecule has 0 aliphatic rings. The highest BCUT2D eigenvalue weighted by atomic mass is 32.1. The van der Waals surface area contributed by atoms with Gasteiger partial charge in [-0.1, -0.05) is 74.0 Å². The fourth-order valence-corrected chi connectivity index (χ4v) is 4.92. The quantitative estimate of drug-likeness (QED) is 0.422. The lowest BCUT2D eigenvalue weighted by molar-refractivity contribution is 0.294. The number of aliphatic imine (C=N–C) groups is 1. The molecule has 0 saturated heterocycles. The predicted molar refractivity (Wildman–Crippen MR) is 99.0 cm³/mol. The van der Waals surface area contributed by atoms with Crippen LogP contribution in [0.2, 0.25) is 0 Å². The lowest BCUT2D eigenvalue weighted by Crippen LogP contribution is -2.46. The molecule has 0 radical (unpaired) electrons. The van der Waals surface area contributed by atoms with E-state index in [1.165, 1.54) is 10.4 Å². The predicted octanol–water partition coefficient (Wildman–Crippen LogP) is 2.81. The fraction of sp³-hybridized carbons (Fsp3) is 0.278. The second-order valence-electron chi connectivity index (χ2n) is 5.20. The maximum atomic E-state index is 6.34. The molecular formula is C18H21NOSSi. The van der Waals surface area contributed by atoms with E-state index in [4.69, 9.17) is 16.6 Å². The number of nitrogens with zero attached hydrogens (tertiary/aromatic N) is 1. The molecule has 1 atom stereocenters. The van der Waals surface area contributed by atoms with Crippen molar-refractivity contribution in [3.8, 4) is 0 Å². The maximum Gasteiger partial charge on any atom is 0.239 e. The Morgan fingerprint density at radius 3 is 2.05 bits per heavy atom. The van der Waals surface area contributed by atoms with Crippen LogP contribution in [0.1, 0.15) is 19.8 Å². The van der Waals surface area contributed by atoms with Crippen LogP contribution in [0.4, 0.5) is 0 Å². The number of hydrogen-bond acceptors (Lipinski definition) is 3. The van der Waals surface area contributed by atoms with Crippen molar-refractivity contribution >= 4 is 36.8 Å². The Hall–Kier alpha value is -1.58. The largest absolute Gasteiger partial charge is 0.409 e. The Kier molecular flexibility index (Phi) is 7.20. The highest BCUT2D eigenvalue weighted by Gasteiger charge is 2.19. The van der Waals surface area contributed by atoms with Gasteiger partial charge in [-0.15, -0.1) is 0 Å². The molecule has 0 unspecified atom stereocenters. The summed E-state index contributed by atoms with van der Waals surface area (Å²) in [5.74, 6) is 0. The molecular weight excluding hydrogens is 306 g/mol. The Bertz CT molecular complexity index is 559. The first-order chi connectivity index (χ1) is 10.8. The summed E-state index contributed by atoms with van der Waals surface area (Å²) in [7, 11) is -1.68. The van der Waals surface area contributed by atoms with E-state index < -0.39 is 9.04 Å². The molecule has 0 N–H and O–H groups in total. The summed E-state index contributed by atoms with van der Waals surface area (Å²) >= 11 is 4.75. The monoisotopic (exact) mass is 327 g/mol. The summed E-state index contributed by atoms with van der Waals surface area (Å²) in [4.78, 5) is 4.24. The molecule has 22 heavy (non-hydrogen) atoms. The van der Waals surface area contributed by atoms with E-state index in [2.05, 4.69) is 65.6 Å². The molecule has 0 amide bonds. The van der Waals surface area contributed by atoms with Crippen LogP contribution in [0.25, 0.3) is 0 Å². The van der Waals surface area contributed by atoms with Crippen LogP contribution in [0, 0.1) is 0 Å². The molecule has 0 aliphatic heterocycles. The minimum absolute atomic E-state index is 0.116. The lowest BCUT2D eigenvalue weighted by Gasteiger charge is -2.19. The topological polar surface area (TPSA) is 21.6 Å². The third kappa shape index (κ3) is 5.00. The molecule has 2 aromatic carbocycles. The Labute approximate surface area is 139 Å². The van der Waals surface area contributed by atoms with E-state index in [9.17, 15) is 0 Å². The van der Waals surface area contributed by atoms with Crippen molar-refractivity contribution in [3.63, 3.8) is 0 Å². The van der Waals surface area contributed by atoms with Crippen LogP contribution in [-0.2, 0) is 4.43 Å². The van der Waals surface area contributed by atoms with E-state index in [1.807, 2.05) is 12.1 Å². The van der Waals surface area contributed by atoms with Crippen molar-refractivity contribution in [1.29, 1.82) is 0 Å². The van der Waals surface area contributed by atoms with Crippen molar-refractivity contribution in [1.82, 2.24) is 0 Å². The minimum atomic E-state index is -1.68. The van der Waals surface area contributed by atoms with Crippen LogP contribution in [0.5, 0.6) is 0 Å². The Morgan fingerprint density at radius 1 is 1.05 bits per heavy atom. The first-order valence-corrected chi connectivity index (χ1v) is 9.67. The van der Waals surface area contributed by atoms with Gasteiger partial charge in [-0.2, -0.15) is 0 Å². The van der Waals surface area contributed by atoms with Gasteiger partial charge in [0.2, 0.25) is 9.04 Å². The van der Waals surface area contributed by atoms with E-state index in [0.29, 0.717) is 6.61 Å². The zero-order valence-corrected chi connectivity index (χ0v) is 14.8. The second kappa shape index (κ2) is 9.44. The van der Waals surface area contributed by atoms with Gasteiger partial charge in [0.15, 0.2) is 0 Å². The summed E-state index contributed by atoms with van der Waals surface area (Å²) in [5.41, 5.74) is 0. The first-order valence-electron chi connectivity index (χ1n) is 7.63. The van der Waals surface area contributed by atoms with Crippen LogP contribution in [0.15, 0.2) is 65.7 Å².